The minimum Gasteiger partial charge on any atom is -0.497 e. The van der Waals surface area contributed by atoms with Crippen molar-refractivity contribution in [2.75, 3.05) is 13.7 Å². The third-order valence-corrected chi connectivity index (χ3v) is 20.7. The van der Waals surface area contributed by atoms with Crippen LogP contribution in [0.2, 0.25) is 36.3 Å². The van der Waals surface area contributed by atoms with Gasteiger partial charge < -0.3 is 18.3 Å². The maximum Gasteiger partial charge on any atom is 0.192 e. The van der Waals surface area contributed by atoms with Crippen molar-refractivity contribution in [1.82, 2.24) is 0 Å². The molecule has 0 heterocycles. The monoisotopic (exact) mass is 786 g/mol. The van der Waals surface area contributed by atoms with Crippen molar-refractivity contribution in [3.63, 3.8) is 0 Å². The lowest BCUT2D eigenvalue weighted by molar-refractivity contribution is -0.104. The van der Waals surface area contributed by atoms with E-state index in [0.29, 0.717) is 13.2 Å². The quantitative estimate of drug-likeness (QED) is 0.0538. The van der Waals surface area contributed by atoms with Gasteiger partial charge in [-0.2, -0.15) is 0 Å². The number of aldehydes is 1. The van der Waals surface area contributed by atoms with Crippen LogP contribution in [0, 0.1) is 23.7 Å². The Labute approximate surface area is 299 Å². The standard InChI is InChI=1S/C38H67IO5Si2/c1-15-46(16-2,17-3)44-37(30(6)22-29(5)25-40)35(23-28(4)24-39)32(8)36(43-45(13,14)38(9,10)11)31(7)26-42-27-33-18-20-34(41-12)21-19-33/h18-22,24-25,30-32,35-37H,15-17,23,26-27H2,1-14H3/b28-24-,29-22+/t30-,31+,32-,35-,36+,37+/m0/s1. The minimum absolute atomic E-state index is 0.0147. The zero-order valence-corrected chi connectivity index (χ0v) is 35.8. The molecule has 0 aromatic heterocycles. The molecule has 0 aliphatic carbocycles. The van der Waals surface area contributed by atoms with Gasteiger partial charge in [0.2, 0.25) is 0 Å². The van der Waals surface area contributed by atoms with E-state index in [2.05, 4.69) is 127 Å². The van der Waals surface area contributed by atoms with E-state index >= 15 is 0 Å². The minimum atomic E-state index is -2.14. The number of carbonyl (C=O) groups is 1. The molecule has 0 unspecified atom stereocenters. The number of rotatable bonds is 21. The van der Waals surface area contributed by atoms with E-state index < -0.39 is 16.6 Å². The first-order chi connectivity index (χ1) is 21.4. The fourth-order valence-electron chi connectivity index (χ4n) is 6.12. The van der Waals surface area contributed by atoms with Crippen molar-refractivity contribution in [3.05, 3.63) is 51.1 Å². The largest absolute Gasteiger partial charge is 0.497 e. The van der Waals surface area contributed by atoms with Crippen molar-refractivity contribution in [2.24, 2.45) is 23.7 Å². The van der Waals surface area contributed by atoms with Crippen LogP contribution >= 0.6 is 22.6 Å². The molecule has 1 aromatic rings. The van der Waals surface area contributed by atoms with Gasteiger partial charge in [-0.1, -0.05) is 109 Å². The maximum atomic E-state index is 11.8. The molecule has 1 aromatic carbocycles. The average Bonchev–Trinajstić information content (AvgIpc) is 3.02. The van der Waals surface area contributed by atoms with E-state index in [0.717, 1.165) is 47.7 Å². The summed E-state index contributed by atoms with van der Waals surface area (Å²) >= 11 is 2.37. The highest BCUT2D eigenvalue weighted by Gasteiger charge is 2.46. The lowest BCUT2D eigenvalue weighted by atomic mass is 9.74. The fraction of sp³-hybridized carbons (Fsp3) is 0.711. The van der Waals surface area contributed by atoms with Crippen molar-refractivity contribution in [3.8, 4) is 5.75 Å². The molecule has 5 nitrogen and oxygen atoms in total. The third kappa shape index (κ3) is 12.9. The molecule has 6 atom stereocenters. The Morgan fingerprint density at radius 3 is 1.96 bits per heavy atom. The highest BCUT2D eigenvalue weighted by Crippen LogP contribution is 2.43. The van der Waals surface area contributed by atoms with Gasteiger partial charge in [0.1, 0.15) is 12.0 Å². The number of halogens is 1. The number of methoxy groups -OCH3 is 1. The van der Waals surface area contributed by atoms with Crippen LogP contribution in [0.5, 0.6) is 5.75 Å². The van der Waals surface area contributed by atoms with Crippen LogP contribution in [-0.4, -0.2) is 48.8 Å². The van der Waals surface area contributed by atoms with E-state index in [-0.39, 0.29) is 40.9 Å². The van der Waals surface area contributed by atoms with E-state index in [1.807, 2.05) is 19.1 Å². The molecule has 0 fully saturated rings. The molecule has 8 heteroatoms. The number of allylic oxidation sites excluding steroid dienone is 2. The molecule has 0 radical (unpaired) electrons. The molecule has 46 heavy (non-hydrogen) atoms. The van der Waals surface area contributed by atoms with Gasteiger partial charge in [-0.15, -0.1) is 0 Å². The van der Waals surface area contributed by atoms with Crippen molar-refractivity contribution in [1.29, 1.82) is 0 Å². The topological polar surface area (TPSA) is 54.0 Å². The van der Waals surface area contributed by atoms with Gasteiger partial charge in [-0.3, -0.25) is 4.79 Å². The molecule has 0 N–H and O–H groups in total. The van der Waals surface area contributed by atoms with E-state index in [4.69, 9.17) is 18.3 Å². The molecule has 0 bridgehead atoms. The Bertz CT molecular complexity index is 1080. The predicted octanol–water partition coefficient (Wildman–Crippen LogP) is 11.4. The molecule has 264 valence electrons. The van der Waals surface area contributed by atoms with Gasteiger partial charge in [-0.25, -0.2) is 0 Å². The molecule has 0 aliphatic heterocycles. The lowest BCUT2D eigenvalue weighted by Gasteiger charge is -2.47. The molecule has 0 amide bonds. The summed E-state index contributed by atoms with van der Waals surface area (Å²) in [7, 11) is -2.43. The zero-order valence-electron chi connectivity index (χ0n) is 31.7. The van der Waals surface area contributed by atoms with Crippen LogP contribution in [-0.2, 0) is 25.0 Å². The van der Waals surface area contributed by atoms with Crippen molar-refractivity contribution in [2.45, 2.75) is 138 Å². The third-order valence-electron chi connectivity index (χ3n) is 10.5. The maximum absolute atomic E-state index is 11.8. The smallest absolute Gasteiger partial charge is 0.192 e. The summed E-state index contributed by atoms with van der Waals surface area (Å²) in [6, 6.07) is 11.3. The second-order valence-corrected chi connectivity index (χ2v) is 25.2. The van der Waals surface area contributed by atoms with E-state index in [1.54, 1.807) is 7.11 Å². The summed E-state index contributed by atoms with van der Waals surface area (Å²) in [5.41, 5.74) is 3.24. The van der Waals surface area contributed by atoms with Crippen LogP contribution in [0.15, 0.2) is 45.6 Å². The van der Waals surface area contributed by atoms with Crippen LogP contribution in [0.25, 0.3) is 0 Å². The molecule has 0 aliphatic rings. The van der Waals surface area contributed by atoms with Gasteiger partial charge in [0.25, 0.3) is 0 Å². The second-order valence-electron chi connectivity index (χ2n) is 15.1. The normalized spacial score (nSPS) is 17.6. The van der Waals surface area contributed by atoms with Gasteiger partial charge in [0.05, 0.1) is 32.5 Å². The number of benzene rings is 1. The summed E-state index contributed by atoms with van der Waals surface area (Å²) in [4.78, 5) is 11.8. The molecule has 0 spiro atoms. The number of hydrogen-bond donors (Lipinski definition) is 0. The summed E-state index contributed by atoms with van der Waals surface area (Å²) in [5, 5.41) is 0.0733. The highest BCUT2D eigenvalue weighted by molar-refractivity contribution is 14.1. The Balaban J connectivity index is 3.67. The lowest BCUT2D eigenvalue weighted by Crippen LogP contribution is -2.52. The summed E-state index contributed by atoms with van der Waals surface area (Å²) in [5.74, 6) is 1.50. The summed E-state index contributed by atoms with van der Waals surface area (Å²) in [6.45, 7) is 30.8. The number of carbonyl (C=O) groups excluding carboxylic acids is 1. The van der Waals surface area contributed by atoms with Gasteiger partial charge >= 0.3 is 0 Å². The molecular weight excluding hydrogens is 719 g/mol. The van der Waals surface area contributed by atoms with Crippen LogP contribution in [0.1, 0.15) is 88.1 Å². The Hall–Kier alpha value is -0.786. The second kappa shape index (κ2) is 20.0. The van der Waals surface area contributed by atoms with Crippen molar-refractivity contribution < 1.29 is 23.1 Å². The van der Waals surface area contributed by atoms with Crippen LogP contribution in [0.4, 0.5) is 0 Å². The zero-order chi connectivity index (χ0) is 35.3. The first kappa shape index (κ1) is 43.2. The molecule has 1 rings (SSSR count). The van der Waals surface area contributed by atoms with Gasteiger partial charge in [0.15, 0.2) is 16.6 Å². The van der Waals surface area contributed by atoms with Crippen LogP contribution < -0.4 is 4.74 Å². The molecule has 0 saturated carbocycles. The number of ether oxygens (including phenoxy) is 2. The number of hydrogen-bond acceptors (Lipinski definition) is 5. The van der Waals surface area contributed by atoms with E-state index in [1.165, 1.54) is 5.57 Å². The van der Waals surface area contributed by atoms with E-state index in [9.17, 15) is 4.79 Å². The predicted molar refractivity (Wildman–Crippen MR) is 210 cm³/mol. The Kier molecular flexibility index (Phi) is 18.8. The summed E-state index contributed by atoms with van der Waals surface area (Å²) in [6.07, 6.45) is 3.98. The van der Waals surface area contributed by atoms with Gasteiger partial charge in [-0.05, 0) is 102 Å². The highest BCUT2D eigenvalue weighted by atomic mass is 127. The SMILES string of the molecule is CC[Si](CC)(CC)O[C@@H]([C@@H](C/C(C)=C\I)[C@H](C)[C@H](O[Si](C)(C)C(C)(C)C)[C@H](C)COCc1ccc(OC)cc1)[C@@H](C)/C=C(\C)C=O. The first-order valence-corrected chi connectivity index (χ1v) is 24.1. The van der Waals surface area contributed by atoms with Crippen molar-refractivity contribution >= 4 is 45.5 Å². The molecular formula is C38H67IO5Si2. The van der Waals surface area contributed by atoms with Crippen LogP contribution in [0.3, 0.4) is 0 Å². The fourth-order valence-corrected chi connectivity index (χ4v) is 10.8. The summed E-state index contributed by atoms with van der Waals surface area (Å²) < 4.78 is 28.8. The Morgan fingerprint density at radius 2 is 1.50 bits per heavy atom. The average molecular weight is 787 g/mol. The first-order valence-electron chi connectivity index (χ1n) is 17.4. The van der Waals surface area contributed by atoms with Gasteiger partial charge in [0, 0.05) is 5.92 Å². The molecule has 0 saturated heterocycles. The Morgan fingerprint density at radius 1 is 0.935 bits per heavy atom.